The molecule has 0 aliphatic carbocycles. The largest absolute Gasteiger partial charge is 0.549 e. The van der Waals surface area contributed by atoms with Gasteiger partial charge in [-0.2, -0.15) is 24.0 Å². The molecule has 30 heteroatoms. The lowest BCUT2D eigenvalue weighted by atomic mass is 9.78. The molecule has 0 N–H and O–H groups in total. The molecule has 0 fully saturated rings. The van der Waals surface area contributed by atoms with Crippen LogP contribution in [0.15, 0.2) is 244 Å². The SMILES string of the molecule is C=C[SiH](C=C)C(CC(C(C(CC(OC(=O)OOC(=O)c1ccc(C)cc1)[SiH](C=C)C=C)C(OC(=O)OOC(=O)c1ccc(C)cc1)[SiH](C=C)C=C)C(OC(=O)OOC(=O)c1ccc(C)cc1)[SiH](C=C)C=C)C(OC(=O)OOC(=O)c1ccc(C)cc1)[SiH](C=C)C=C)OC(=O)OOC(=O)c1ccc(C)cc1. The summed E-state index contributed by atoms with van der Waals surface area (Å²) in [4.78, 5) is 191. The molecule has 0 radical (unpaired) electrons. The van der Waals surface area contributed by atoms with Crippen LogP contribution in [0.4, 0.5) is 24.0 Å². The molecule has 25 nitrogen and oxygen atoms in total. The monoisotopic (exact) mass is 1520 g/mol. The van der Waals surface area contributed by atoms with Gasteiger partial charge in [0.2, 0.25) is 0 Å². The zero-order valence-electron chi connectivity index (χ0n) is 58.5. The summed E-state index contributed by atoms with van der Waals surface area (Å²) in [6, 6.07) is 29.9. The summed E-state index contributed by atoms with van der Waals surface area (Å²) in [5, 5.41) is 0. The van der Waals surface area contributed by atoms with E-state index in [0.29, 0.717) is 0 Å². The molecular formula is C75H82O25Si5. The number of hydrogen-bond donors (Lipinski definition) is 0. The molecule has 7 unspecified atom stereocenters. The molecule has 0 aliphatic rings. The maximum Gasteiger partial charge on any atom is 0.549 e. The number of rotatable bonds is 34. The number of ether oxygens (including phenoxy) is 5. The predicted molar refractivity (Wildman–Crippen MR) is 397 cm³/mol. The average molecular weight is 1520 g/mol. The fourth-order valence-corrected chi connectivity index (χ4v) is 20.3. The van der Waals surface area contributed by atoms with Crippen LogP contribution < -0.4 is 0 Å². The fraction of sp³-hybridized carbons (Fsp3) is 0.200. The van der Waals surface area contributed by atoms with Crippen molar-refractivity contribution in [1.82, 2.24) is 0 Å². The Morgan fingerprint density at radius 3 is 0.648 bits per heavy atom. The van der Waals surface area contributed by atoms with Crippen molar-refractivity contribution in [2.75, 3.05) is 0 Å². The summed E-state index contributed by atoms with van der Waals surface area (Å²) in [6.45, 7) is 49.4. The van der Waals surface area contributed by atoms with Crippen molar-refractivity contribution in [3.63, 3.8) is 0 Å². The first-order valence-corrected chi connectivity index (χ1v) is 42.4. The first kappa shape index (κ1) is 83.9. The van der Waals surface area contributed by atoms with Crippen LogP contribution >= 0.6 is 0 Å². The van der Waals surface area contributed by atoms with E-state index in [1.165, 1.54) is 118 Å². The molecule has 5 aromatic rings. The Labute approximate surface area is 615 Å². The van der Waals surface area contributed by atoms with Crippen LogP contribution in [-0.4, -0.2) is 133 Å². The Hall–Kier alpha value is -11.7. The Morgan fingerprint density at radius 2 is 0.448 bits per heavy atom. The van der Waals surface area contributed by atoms with Gasteiger partial charge in [0.05, 0.1) is 39.3 Å². The van der Waals surface area contributed by atoms with Crippen molar-refractivity contribution < 1.29 is 121 Å². The highest BCUT2D eigenvalue weighted by atomic mass is 28.3. The van der Waals surface area contributed by atoms with E-state index in [4.69, 9.17) is 72.6 Å². The van der Waals surface area contributed by atoms with Crippen molar-refractivity contribution in [2.45, 2.75) is 76.1 Å². The summed E-state index contributed by atoms with van der Waals surface area (Å²) in [5.41, 5.74) is 8.83. The lowest BCUT2D eigenvalue weighted by Crippen LogP contribution is -2.58. The van der Waals surface area contributed by atoms with Gasteiger partial charge in [-0.25, -0.2) is 72.8 Å². The third-order valence-electron chi connectivity index (χ3n) is 16.5. The molecule has 7 atom stereocenters. The van der Waals surface area contributed by atoms with Crippen molar-refractivity contribution >= 4 is 105 Å². The summed E-state index contributed by atoms with van der Waals surface area (Å²) in [7, 11) is -16.6. The van der Waals surface area contributed by atoms with Crippen molar-refractivity contribution in [2.24, 2.45) is 17.8 Å². The van der Waals surface area contributed by atoms with Crippen LogP contribution in [0.25, 0.3) is 0 Å². The topological polar surface area (TPSA) is 309 Å². The van der Waals surface area contributed by atoms with Gasteiger partial charge >= 0.3 is 60.6 Å². The van der Waals surface area contributed by atoms with Gasteiger partial charge in [-0.05, 0) is 108 Å². The smallest absolute Gasteiger partial charge is 0.432 e. The van der Waals surface area contributed by atoms with Gasteiger partial charge < -0.3 is 23.7 Å². The minimum absolute atomic E-state index is 0.0368. The second-order valence-corrected chi connectivity index (χ2v) is 37.5. The third-order valence-corrected chi connectivity index (χ3v) is 28.6. The number of aryl methyl sites for hydroxylation is 5. The van der Waals surface area contributed by atoms with Gasteiger partial charge in [-0.3, -0.25) is 0 Å². The van der Waals surface area contributed by atoms with E-state index in [-0.39, 0.29) is 27.8 Å². The summed E-state index contributed by atoms with van der Waals surface area (Å²) in [6.07, 6.45) is -9.79. The van der Waals surface area contributed by atoms with Crippen molar-refractivity contribution in [3.8, 4) is 0 Å². The standard InChI is InChI=1S/C75H82O25Si5/c1-16-101(17-2)60(86-71(81)96-91-63(76)53-36-26-48(11)27-37-53)46-58(68(103(20-5)21-6)88-73(83)98-93-65(78)55-40-30-50(13)31-41-55)62(70(105(24-9)25-10)90-75(85)100-95-67(80)57-44-34-52(15)35-45-57)59(69(104(22-7)23-8)89-74(84)99-94-66(79)56-42-32-51(14)33-43-56)47-61(102(18-3)19-4)87-72(82)97-92-64(77)54-38-28-49(12)29-39-54/h16-45,58-62,68-70,101-105H,1-10,46-47H2,11-15H3. The predicted octanol–water partition coefficient (Wildman–Crippen LogP) is 12.7. The number of hydrogen-bond acceptors (Lipinski definition) is 25. The highest BCUT2D eigenvalue weighted by molar-refractivity contribution is 6.73. The Kier molecular flexibility index (Phi) is 34.1. The molecular weight excluding hydrogens is 1440 g/mol. The molecule has 0 aliphatic heterocycles. The summed E-state index contributed by atoms with van der Waals surface area (Å²) >= 11 is 0. The molecule has 552 valence electrons. The maximum absolute atomic E-state index is 14.9. The molecule has 5 aromatic carbocycles. The normalized spacial score (nSPS) is 13.0. The second kappa shape index (κ2) is 42.6. The van der Waals surface area contributed by atoms with Crippen molar-refractivity contribution in [3.05, 3.63) is 300 Å². The highest BCUT2D eigenvalue weighted by Crippen LogP contribution is 2.44. The van der Waals surface area contributed by atoms with Crippen LogP contribution in [-0.2, 0) is 72.6 Å². The molecule has 0 heterocycles. The molecule has 0 aromatic heterocycles. The number of carbonyl (C=O) groups excluding carboxylic acids is 10. The molecule has 0 bridgehead atoms. The van der Waals surface area contributed by atoms with Gasteiger partial charge in [0.15, 0.2) is 0 Å². The quantitative estimate of drug-likeness (QED) is 0.0121. The van der Waals surface area contributed by atoms with Crippen LogP contribution in [0.2, 0.25) is 0 Å². The fourth-order valence-electron chi connectivity index (χ4n) is 10.9. The average Bonchev–Trinajstić information content (AvgIpc) is 0.768. The van der Waals surface area contributed by atoms with Gasteiger partial charge in [0.25, 0.3) is 0 Å². The molecule has 5 rings (SSSR count). The number of carbonyl (C=O) groups is 10. The highest BCUT2D eigenvalue weighted by Gasteiger charge is 2.54. The second-order valence-electron chi connectivity index (χ2n) is 23.5. The van der Waals surface area contributed by atoms with Crippen molar-refractivity contribution in [1.29, 1.82) is 0 Å². The maximum atomic E-state index is 14.9. The Morgan fingerprint density at radius 1 is 0.267 bits per heavy atom. The van der Waals surface area contributed by atoms with Gasteiger partial charge in [-0.15, -0.1) is 65.8 Å². The lowest BCUT2D eigenvalue weighted by molar-refractivity contribution is -0.215. The van der Waals surface area contributed by atoms with Crippen LogP contribution in [0, 0.1) is 52.4 Å². The molecule has 0 amide bonds. The first-order valence-electron chi connectivity index (χ1n) is 32.4. The van der Waals surface area contributed by atoms with Crippen LogP contribution in [0.3, 0.4) is 0 Å². The minimum Gasteiger partial charge on any atom is -0.432 e. The van der Waals surface area contributed by atoms with E-state index in [0.717, 1.165) is 27.8 Å². The first-order chi connectivity index (χ1) is 50.3. The zero-order chi connectivity index (χ0) is 77.3. The van der Waals surface area contributed by atoms with E-state index < -0.39 is 164 Å². The van der Waals surface area contributed by atoms with E-state index >= 15 is 0 Å². The van der Waals surface area contributed by atoms with E-state index in [2.05, 4.69) is 65.8 Å². The minimum atomic E-state index is -3.50. The van der Waals surface area contributed by atoms with E-state index in [9.17, 15) is 47.9 Å². The lowest BCUT2D eigenvalue weighted by Gasteiger charge is -2.47. The third kappa shape index (κ3) is 25.6. The van der Waals surface area contributed by atoms with Gasteiger partial charge in [0, 0.05) is 17.8 Å². The Bertz CT molecular complexity index is 3710. The van der Waals surface area contributed by atoms with E-state index in [1.54, 1.807) is 95.3 Å². The molecule has 0 saturated carbocycles. The van der Waals surface area contributed by atoms with E-state index in [1.807, 2.05) is 0 Å². The molecule has 105 heavy (non-hydrogen) atoms. The van der Waals surface area contributed by atoms with Gasteiger partial charge in [0.1, 0.15) is 61.2 Å². The molecule has 0 saturated heterocycles. The van der Waals surface area contributed by atoms with Crippen LogP contribution in [0.1, 0.15) is 92.4 Å². The van der Waals surface area contributed by atoms with Crippen LogP contribution in [0.5, 0.6) is 0 Å². The summed E-state index contributed by atoms with van der Waals surface area (Å²) < 4.78 is 31.6. The Balaban J connectivity index is 1.94. The zero-order valence-corrected chi connectivity index (χ0v) is 64.3. The number of benzene rings is 5. The van der Waals surface area contributed by atoms with Gasteiger partial charge in [-0.1, -0.05) is 145 Å². The molecule has 0 spiro atoms. The summed E-state index contributed by atoms with van der Waals surface area (Å²) in [5.74, 6) is -11.0.